The van der Waals surface area contributed by atoms with Crippen molar-refractivity contribution in [2.45, 2.75) is 43.7 Å². The second-order valence-electron chi connectivity index (χ2n) is 5.82. The van der Waals surface area contributed by atoms with Crippen LogP contribution < -0.4 is 15.8 Å². The fourth-order valence-electron chi connectivity index (χ4n) is 2.60. The molecule has 1 aliphatic rings. The number of aliphatic hydroxyl groups excluding tert-OH is 1. The molecule has 1 aromatic carbocycles. The molecular formula is C16H23BrN2O3. The van der Waals surface area contributed by atoms with Crippen LogP contribution in [0.2, 0.25) is 0 Å². The number of ether oxygens (including phenoxy) is 1. The molecule has 0 heterocycles. The smallest absolute Gasteiger partial charge is 0.240 e. The standard InChI is InChI=1S/C16H23BrN2O3/c17-13-6-2-3-7-14(13)22-11-12(20)10-19-15(21)16(18)8-4-1-5-9-16/h2-3,6-7,12,20H,1,4-5,8-11,18H2,(H,19,21). The van der Waals surface area contributed by atoms with Crippen molar-refractivity contribution in [3.8, 4) is 5.75 Å². The van der Waals surface area contributed by atoms with Gasteiger partial charge in [0.2, 0.25) is 5.91 Å². The Balaban J connectivity index is 1.74. The van der Waals surface area contributed by atoms with Crippen molar-refractivity contribution in [3.63, 3.8) is 0 Å². The first-order valence-electron chi connectivity index (χ1n) is 7.64. The van der Waals surface area contributed by atoms with E-state index in [1.807, 2.05) is 24.3 Å². The van der Waals surface area contributed by atoms with Gasteiger partial charge in [-0.2, -0.15) is 0 Å². The summed E-state index contributed by atoms with van der Waals surface area (Å²) in [4.78, 5) is 12.2. The number of nitrogens with one attached hydrogen (secondary N) is 1. The fraction of sp³-hybridized carbons (Fsp3) is 0.562. The van der Waals surface area contributed by atoms with E-state index >= 15 is 0 Å². The molecule has 0 spiro atoms. The predicted molar refractivity (Wildman–Crippen MR) is 88.7 cm³/mol. The number of carbonyl (C=O) groups excluding carboxylic acids is 1. The summed E-state index contributed by atoms with van der Waals surface area (Å²) in [7, 11) is 0. The van der Waals surface area contributed by atoms with E-state index in [0.29, 0.717) is 18.6 Å². The Bertz CT molecular complexity index is 504. The highest BCUT2D eigenvalue weighted by molar-refractivity contribution is 9.10. The molecule has 0 saturated heterocycles. The summed E-state index contributed by atoms with van der Waals surface area (Å²) in [5.41, 5.74) is 5.37. The zero-order valence-electron chi connectivity index (χ0n) is 12.6. The van der Waals surface area contributed by atoms with E-state index in [0.717, 1.165) is 23.7 Å². The Morgan fingerprint density at radius 1 is 1.36 bits per heavy atom. The molecule has 22 heavy (non-hydrogen) atoms. The van der Waals surface area contributed by atoms with Gasteiger partial charge in [-0.15, -0.1) is 0 Å². The zero-order valence-corrected chi connectivity index (χ0v) is 14.1. The van der Waals surface area contributed by atoms with Gasteiger partial charge in [-0.1, -0.05) is 31.4 Å². The molecule has 1 saturated carbocycles. The minimum absolute atomic E-state index is 0.112. The molecule has 122 valence electrons. The molecule has 0 bridgehead atoms. The molecule has 0 aliphatic heterocycles. The van der Waals surface area contributed by atoms with Gasteiger partial charge in [0.05, 0.1) is 10.0 Å². The van der Waals surface area contributed by atoms with Gasteiger partial charge in [0.15, 0.2) is 0 Å². The van der Waals surface area contributed by atoms with Gasteiger partial charge in [-0.25, -0.2) is 0 Å². The van der Waals surface area contributed by atoms with Crippen molar-refractivity contribution >= 4 is 21.8 Å². The average Bonchev–Trinajstić information content (AvgIpc) is 2.52. The summed E-state index contributed by atoms with van der Waals surface area (Å²) in [5, 5.41) is 12.7. The number of para-hydroxylation sites is 1. The van der Waals surface area contributed by atoms with Crippen LogP contribution in [0.25, 0.3) is 0 Å². The molecule has 1 amide bonds. The lowest BCUT2D eigenvalue weighted by Gasteiger charge is -2.32. The summed E-state index contributed by atoms with van der Waals surface area (Å²) in [5.74, 6) is 0.489. The summed E-state index contributed by atoms with van der Waals surface area (Å²) in [6.07, 6.45) is 3.75. The lowest BCUT2D eigenvalue weighted by atomic mass is 9.82. The monoisotopic (exact) mass is 370 g/mol. The van der Waals surface area contributed by atoms with Crippen LogP contribution in [0.1, 0.15) is 32.1 Å². The number of hydrogen-bond donors (Lipinski definition) is 3. The minimum Gasteiger partial charge on any atom is -0.490 e. The molecule has 1 fully saturated rings. The number of amides is 1. The first-order valence-corrected chi connectivity index (χ1v) is 8.43. The van der Waals surface area contributed by atoms with Crippen LogP contribution in [0, 0.1) is 0 Å². The van der Waals surface area contributed by atoms with Crippen LogP contribution in [0.3, 0.4) is 0 Å². The molecule has 1 aliphatic carbocycles. The van der Waals surface area contributed by atoms with E-state index in [1.54, 1.807) is 0 Å². The van der Waals surface area contributed by atoms with E-state index in [9.17, 15) is 9.90 Å². The van der Waals surface area contributed by atoms with E-state index in [-0.39, 0.29) is 19.1 Å². The van der Waals surface area contributed by atoms with Gasteiger partial charge in [-0.3, -0.25) is 4.79 Å². The number of carbonyl (C=O) groups is 1. The van der Waals surface area contributed by atoms with Crippen molar-refractivity contribution in [3.05, 3.63) is 28.7 Å². The van der Waals surface area contributed by atoms with Gasteiger partial charge in [0.1, 0.15) is 18.5 Å². The van der Waals surface area contributed by atoms with E-state index < -0.39 is 11.6 Å². The number of halogens is 1. The Hall–Kier alpha value is -1.11. The largest absolute Gasteiger partial charge is 0.490 e. The number of aliphatic hydroxyl groups is 1. The highest BCUT2D eigenvalue weighted by atomic mass is 79.9. The van der Waals surface area contributed by atoms with Crippen molar-refractivity contribution in [1.29, 1.82) is 0 Å². The molecule has 6 heteroatoms. The summed E-state index contributed by atoms with van der Waals surface area (Å²) in [6, 6.07) is 7.42. The highest BCUT2D eigenvalue weighted by Crippen LogP contribution is 2.26. The highest BCUT2D eigenvalue weighted by Gasteiger charge is 2.35. The third-order valence-electron chi connectivity index (χ3n) is 3.96. The Morgan fingerprint density at radius 3 is 2.73 bits per heavy atom. The average molecular weight is 371 g/mol. The van der Waals surface area contributed by atoms with Crippen LogP contribution in [0.4, 0.5) is 0 Å². The van der Waals surface area contributed by atoms with Gasteiger partial charge in [0.25, 0.3) is 0 Å². The second-order valence-corrected chi connectivity index (χ2v) is 6.68. The molecule has 5 nitrogen and oxygen atoms in total. The Morgan fingerprint density at radius 2 is 2.05 bits per heavy atom. The van der Waals surface area contributed by atoms with Gasteiger partial charge in [0, 0.05) is 6.54 Å². The maximum Gasteiger partial charge on any atom is 0.240 e. The third-order valence-corrected chi connectivity index (χ3v) is 4.62. The third kappa shape index (κ3) is 4.69. The van der Waals surface area contributed by atoms with Crippen molar-refractivity contribution in [2.24, 2.45) is 5.73 Å². The van der Waals surface area contributed by atoms with Gasteiger partial charge >= 0.3 is 0 Å². The maximum atomic E-state index is 12.2. The lowest BCUT2D eigenvalue weighted by Crippen LogP contribution is -2.56. The first-order chi connectivity index (χ1) is 10.5. The zero-order chi connectivity index (χ0) is 16.0. The summed E-state index contributed by atoms with van der Waals surface area (Å²) < 4.78 is 6.35. The fourth-order valence-corrected chi connectivity index (χ4v) is 3.00. The van der Waals surface area contributed by atoms with Crippen LogP contribution in [0.15, 0.2) is 28.7 Å². The molecule has 2 rings (SSSR count). The van der Waals surface area contributed by atoms with Crippen molar-refractivity contribution in [2.75, 3.05) is 13.2 Å². The van der Waals surface area contributed by atoms with Crippen LogP contribution in [0.5, 0.6) is 5.75 Å². The molecule has 0 aromatic heterocycles. The Kier molecular flexibility index (Phi) is 6.23. The number of benzene rings is 1. The first kappa shape index (κ1) is 17.2. The predicted octanol–water partition coefficient (Wildman–Crippen LogP) is 1.97. The minimum atomic E-state index is -0.777. The van der Waals surface area contributed by atoms with Crippen molar-refractivity contribution in [1.82, 2.24) is 5.32 Å². The SMILES string of the molecule is NC1(C(=O)NCC(O)COc2ccccc2Br)CCCCC1. The summed E-state index contributed by atoms with van der Waals surface area (Å²) >= 11 is 3.37. The second kappa shape index (κ2) is 7.94. The molecule has 1 atom stereocenters. The van der Waals surface area contributed by atoms with E-state index in [2.05, 4.69) is 21.2 Å². The molecular weight excluding hydrogens is 348 g/mol. The number of rotatable bonds is 6. The normalized spacial score (nSPS) is 18.5. The maximum absolute atomic E-state index is 12.2. The molecule has 4 N–H and O–H groups in total. The molecule has 0 radical (unpaired) electrons. The van der Waals surface area contributed by atoms with Crippen LogP contribution in [-0.4, -0.2) is 35.8 Å². The van der Waals surface area contributed by atoms with Crippen LogP contribution in [-0.2, 0) is 4.79 Å². The topological polar surface area (TPSA) is 84.6 Å². The molecule has 1 aromatic rings. The Labute approximate surface area is 139 Å². The van der Waals surface area contributed by atoms with Gasteiger partial charge in [-0.05, 0) is 40.9 Å². The summed E-state index contributed by atoms with van der Waals surface area (Å²) in [6.45, 7) is 0.253. The number of hydrogen-bond acceptors (Lipinski definition) is 4. The lowest BCUT2D eigenvalue weighted by molar-refractivity contribution is -0.128. The molecule has 1 unspecified atom stereocenters. The van der Waals surface area contributed by atoms with E-state index in [4.69, 9.17) is 10.5 Å². The number of nitrogens with two attached hydrogens (primary N) is 1. The van der Waals surface area contributed by atoms with Crippen LogP contribution >= 0.6 is 15.9 Å². The quantitative estimate of drug-likeness (QED) is 0.714. The van der Waals surface area contributed by atoms with Crippen molar-refractivity contribution < 1.29 is 14.6 Å². The van der Waals surface area contributed by atoms with Gasteiger partial charge < -0.3 is 20.9 Å². The van der Waals surface area contributed by atoms with E-state index in [1.165, 1.54) is 0 Å².